The molecule has 0 bridgehead atoms. The molecule has 3 atom stereocenters. The summed E-state index contributed by atoms with van der Waals surface area (Å²) in [5.41, 5.74) is 7.81. The number of nitrogens with two attached hydrogens (primary N) is 1. The van der Waals surface area contributed by atoms with Crippen molar-refractivity contribution in [3.8, 4) is 17.0 Å². The second kappa shape index (κ2) is 8.56. The van der Waals surface area contributed by atoms with Crippen LogP contribution < -0.4 is 21.1 Å². The van der Waals surface area contributed by atoms with Crippen molar-refractivity contribution in [1.82, 2.24) is 9.97 Å². The Morgan fingerprint density at radius 3 is 2.85 bits per heavy atom. The normalized spacial score (nSPS) is 21.5. The Kier molecular flexibility index (Phi) is 5.56. The molecule has 178 valence electrons. The lowest BCUT2D eigenvalue weighted by Gasteiger charge is -2.24. The van der Waals surface area contributed by atoms with Crippen LogP contribution in [0.4, 0.5) is 30.8 Å². The fourth-order valence-electron chi connectivity index (χ4n) is 4.12. The van der Waals surface area contributed by atoms with Crippen molar-refractivity contribution in [2.24, 2.45) is 5.92 Å². The number of amides is 1. The third-order valence-corrected chi connectivity index (χ3v) is 6.06. The summed E-state index contributed by atoms with van der Waals surface area (Å²) in [6.07, 6.45) is 0.314. The molecule has 4 heterocycles. The predicted octanol–water partition coefficient (Wildman–Crippen LogP) is 4.01. The molecule has 2 aromatic heterocycles. The molecule has 1 fully saturated rings. The SMILES string of the molecule is Cc1c(-c2cc3cc(NC(=O)O[C@H]4COC[C@@H]4C)ncc3c(N)c2F)cnc2c1NC[C@@H](F)O2. The van der Waals surface area contributed by atoms with Crippen LogP contribution in [-0.2, 0) is 9.47 Å². The minimum Gasteiger partial charge on any atom is -0.443 e. The van der Waals surface area contributed by atoms with E-state index in [1.54, 1.807) is 19.1 Å². The van der Waals surface area contributed by atoms with Crippen LogP contribution in [0.1, 0.15) is 12.5 Å². The van der Waals surface area contributed by atoms with E-state index < -0.39 is 18.3 Å². The van der Waals surface area contributed by atoms with Gasteiger partial charge in [0.1, 0.15) is 17.6 Å². The Hall–Kier alpha value is -3.73. The summed E-state index contributed by atoms with van der Waals surface area (Å²) in [6.45, 7) is 4.54. The van der Waals surface area contributed by atoms with Gasteiger partial charge in [0.25, 0.3) is 6.36 Å². The molecule has 0 aliphatic carbocycles. The predicted molar refractivity (Wildman–Crippen MR) is 122 cm³/mol. The van der Waals surface area contributed by atoms with E-state index >= 15 is 4.39 Å². The molecule has 0 unspecified atom stereocenters. The van der Waals surface area contributed by atoms with Crippen LogP contribution in [0.3, 0.4) is 0 Å². The zero-order chi connectivity index (χ0) is 24.0. The standard InChI is InChI=1S/C23H23F2N5O4/c1-10-8-32-9-16(10)33-23(31)30-18-4-12-3-13(19(25)20(26)15(12)6-27-18)14-5-29-22-21(11(14)2)28-7-17(24)34-22/h3-6,10,16-17,28H,7-9,26H2,1-2H3,(H,27,30,31)/t10-,16-,17-/m0/s1. The summed E-state index contributed by atoms with van der Waals surface area (Å²) < 4.78 is 44.6. The fraction of sp³-hybridized carbons (Fsp3) is 0.348. The van der Waals surface area contributed by atoms with E-state index in [2.05, 4.69) is 20.6 Å². The molecule has 0 radical (unpaired) electrons. The smallest absolute Gasteiger partial charge is 0.413 e. The topological polar surface area (TPSA) is 121 Å². The highest BCUT2D eigenvalue weighted by molar-refractivity contribution is 5.99. The van der Waals surface area contributed by atoms with Crippen molar-refractivity contribution in [2.75, 3.05) is 36.1 Å². The lowest BCUT2D eigenvalue weighted by atomic mass is 9.97. The number of carbonyl (C=O) groups is 1. The molecule has 0 spiro atoms. The fourth-order valence-corrected chi connectivity index (χ4v) is 4.12. The molecule has 34 heavy (non-hydrogen) atoms. The van der Waals surface area contributed by atoms with E-state index in [0.29, 0.717) is 40.8 Å². The average Bonchev–Trinajstić information content (AvgIpc) is 3.20. The molecule has 1 amide bonds. The van der Waals surface area contributed by atoms with Gasteiger partial charge in [-0.1, -0.05) is 6.92 Å². The summed E-state index contributed by atoms with van der Waals surface area (Å²) in [5, 5.41) is 6.47. The highest BCUT2D eigenvalue weighted by Gasteiger charge is 2.28. The maximum absolute atomic E-state index is 15.3. The van der Waals surface area contributed by atoms with Crippen molar-refractivity contribution in [2.45, 2.75) is 26.3 Å². The molecule has 9 nitrogen and oxygen atoms in total. The second-order valence-corrected chi connectivity index (χ2v) is 8.41. The van der Waals surface area contributed by atoms with Crippen LogP contribution in [0.15, 0.2) is 24.5 Å². The van der Waals surface area contributed by atoms with Gasteiger partial charge in [-0.3, -0.25) is 5.32 Å². The molecular weight excluding hydrogens is 448 g/mol. The first-order valence-electron chi connectivity index (χ1n) is 10.8. The van der Waals surface area contributed by atoms with Crippen LogP contribution in [-0.4, -0.2) is 48.3 Å². The van der Waals surface area contributed by atoms with Crippen molar-refractivity contribution in [1.29, 1.82) is 0 Å². The van der Waals surface area contributed by atoms with Gasteiger partial charge in [-0.2, -0.15) is 4.39 Å². The van der Waals surface area contributed by atoms with Crippen LogP contribution in [0, 0.1) is 18.7 Å². The first kappa shape index (κ1) is 22.1. The highest BCUT2D eigenvalue weighted by atomic mass is 19.1. The van der Waals surface area contributed by atoms with Gasteiger partial charge in [-0.05, 0) is 30.0 Å². The number of fused-ring (bicyclic) bond motifs is 2. The lowest BCUT2D eigenvalue weighted by Crippen LogP contribution is -2.27. The third kappa shape index (κ3) is 3.92. The van der Waals surface area contributed by atoms with E-state index in [4.69, 9.17) is 19.9 Å². The maximum atomic E-state index is 15.3. The number of anilines is 3. The molecule has 4 N–H and O–H groups in total. The maximum Gasteiger partial charge on any atom is 0.413 e. The summed E-state index contributed by atoms with van der Waals surface area (Å²) >= 11 is 0. The minimum atomic E-state index is -1.51. The van der Waals surface area contributed by atoms with E-state index in [0.717, 1.165) is 0 Å². The van der Waals surface area contributed by atoms with Gasteiger partial charge in [0.2, 0.25) is 5.88 Å². The highest BCUT2D eigenvalue weighted by Crippen LogP contribution is 2.40. The van der Waals surface area contributed by atoms with Gasteiger partial charge < -0.3 is 25.3 Å². The Bertz CT molecular complexity index is 1290. The molecular formula is C23H23F2N5O4. The zero-order valence-electron chi connectivity index (χ0n) is 18.5. The number of alkyl halides is 1. The van der Waals surface area contributed by atoms with Crippen molar-refractivity contribution < 1.29 is 27.8 Å². The number of aromatic nitrogens is 2. The van der Waals surface area contributed by atoms with Crippen LogP contribution >= 0.6 is 0 Å². The number of halogens is 2. The van der Waals surface area contributed by atoms with E-state index in [9.17, 15) is 9.18 Å². The quantitative estimate of drug-likeness (QED) is 0.490. The number of pyridine rings is 2. The van der Waals surface area contributed by atoms with Crippen molar-refractivity contribution in [3.05, 3.63) is 35.9 Å². The molecule has 11 heteroatoms. The van der Waals surface area contributed by atoms with Gasteiger partial charge in [-0.25, -0.2) is 19.2 Å². The largest absolute Gasteiger partial charge is 0.443 e. The number of benzene rings is 1. The first-order valence-corrected chi connectivity index (χ1v) is 10.8. The molecule has 5 rings (SSSR count). The molecule has 2 aliphatic rings. The zero-order valence-corrected chi connectivity index (χ0v) is 18.5. The monoisotopic (exact) mass is 471 g/mol. The van der Waals surface area contributed by atoms with E-state index in [1.807, 2.05) is 6.92 Å². The number of hydrogen-bond donors (Lipinski definition) is 3. The van der Waals surface area contributed by atoms with Gasteiger partial charge in [0, 0.05) is 34.8 Å². The lowest BCUT2D eigenvalue weighted by molar-refractivity contribution is 0.0688. The average molecular weight is 471 g/mol. The molecule has 1 aromatic carbocycles. The minimum absolute atomic E-state index is 0.0378. The Balaban J connectivity index is 1.48. The molecule has 0 saturated carbocycles. The van der Waals surface area contributed by atoms with E-state index in [-0.39, 0.29) is 41.5 Å². The summed E-state index contributed by atoms with van der Waals surface area (Å²) in [5.74, 6) is -0.185. The number of nitrogens with zero attached hydrogens (tertiary/aromatic N) is 2. The van der Waals surface area contributed by atoms with Gasteiger partial charge >= 0.3 is 6.09 Å². The Morgan fingerprint density at radius 1 is 1.26 bits per heavy atom. The number of rotatable bonds is 3. The van der Waals surface area contributed by atoms with Crippen LogP contribution in [0.2, 0.25) is 0 Å². The second-order valence-electron chi connectivity index (χ2n) is 8.41. The summed E-state index contributed by atoms with van der Waals surface area (Å²) in [6, 6.07) is 3.19. The number of carbonyl (C=O) groups excluding carboxylic acids is 1. The van der Waals surface area contributed by atoms with Crippen molar-refractivity contribution >= 4 is 34.1 Å². The first-order chi connectivity index (χ1) is 16.3. The van der Waals surface area contributed by atoms with Crippen LogP contribution in [0.5, 0.6) is 5.88 Å². The number of ether oxygens (including phenoxy) is 3. The number of nitrogen functional groups attached to an aromatic ring is 1. The van der Waals surface area contributed by atoms with Crippen molar-refractivity contribution in [3.63, 3.8) is 0 Å². The van der Waals surface area contributed by atoms with Gasteiger partial charge in [0.05, 0.1) is 25.4 Å². The summed E-state index contributed by atoms with van der Waals surface area (Å²) in [7, 11) is 0. The van der Waals surface area contributed by atoms with Gasteiger partial charge in [0.15, 0.2) is 5.82 Å². The Labute approximate surface area is 193 Å². The van der Waals surface area contributed by atoms with Gasteiger partial charge in [-0.15, -0.1) is 0 Å². The summed E-state index contributed by atoms with van der Waals surface area (Å²) in [4.78, 5) is 20.6. The van der Waals surface area contributed by atoms with Crippen LogP contribution in [0.25, 0.3) is 21.9 Å². The number of nitrogens with one attached hydrogen (secondary N) is 2. The number of hydrogen-bond acceptors (Lipinski definition) is 8. The van der Waals surface area contributed by atoms with E-state index in [1.165, 1.54) is 12.4 Å². The molecule has 2 aliphatic heterocycles. The molecule has 3 aromatic rings. The molecule has 1 saturated heterocycles. The Morgan fingerprint density at radius 2 is 2.09 bits per heavy atom. The third-order valence-electron chi connectivity index (χ3n) is 6.06.